The summed E-state index contributed by atoms with van der Waals surface area (Å²) in [6.07, 6.45) is 5.72. The van der Waals surface area contributed by atoms with Gasteiger partial charge in [0, 0.05) is 30.4 Å². The second-order valence-electron chi connectivity index (χ2n) is 3.39. The van der Waals surface area contributed by atoms with Crippen molar-refractivity contribution in [3.05, 3.63) is 24.2 Å². The molecule has 0 saturated carbocycles. The Morgan fingerprint density at radius 3 is 3.00 bits per heavy atom. The highest BCUT2D eigenvalue weighted by molar-refractivity contribution is 5.60. The zero-order valence-corrected chi connectivity index (χ0v) is 8.99. The summed E-state index contributed by atoms with van der Waals surface area (Å²) in [6.45, 7) is 3.76. The molecule has 80 valence electrons. The molecule has 2 aromatic rings. The van der Waals surface area contributed by atoms with Crippen molar-refractivity contribution in [2.45, 2.75) is 20.0 Å². The molecule has 5 heteroatoms. The molecular formula is C10H15N5. The molecule has 0 fully saturated rings. The summed E-state index contributed by atoms with van der Waals surface area (Å²) in [4.78, 5) is 0. The Labute approximate surface area is 88.5 Å². The zero-order valence-electron chi connectivity index (χ0n) is 8.99. The molecule has 0 aromatic carbocycles. The molecule has 2 rings (SSSR count). The van der Waals surface area contributed by atoms with Crippen LogP contribution >= 0.6 is 0 Å². The maximum atomic E-state index is 4.24. The van der Waals surface area contributed by atoms with E-state index in [1.165, 1.54) is 0 Å². The average molecular weight is 205 g/mol. The van der Waals surface area contributed by atoms with Crippen LogP contribution in [0.1, 0.15) is 12.5 Å². The summed E-state index contributed by atoms with van der Waals surface area (Å²) in [6, 6.07) is 0. The van der Waals surface area contributed by atoms with Crippen molar-refractivity contribution in [2.75, 3.05) is 7.05 Å². The fraction of sp³-hybridized carbons (Fsp3) is 0.400. The Bertz CT molecular complexity index is 428. The van der Waals surface area contributed by atoms with E-state index >= 15 is 0 Å². The summed E-state index contributed by atoms with van der Waals surface area (Å²) in [5.74, 6) is 0. The number of aromatic nitrogens is 4. The smallest absolute Gasteiger partial charge is 0.0726 e. The molecule has 0 aliphatic rings. The molecule has 15 heavy (non-hydrogen) atoms. The third kappa shape index (κ3) is 1.92. The number of H-pyrrole nitrogens is 1. The number of aryl methyl sites for hydroxylation is 1. The van der Waals surface area contributed by atoms with E-state index in [2.05, 4.69) is 27.5 Å². The molecule has 2 heterocycles. The van der Waals surface area contributed by atoms with Gasteiger partial charge in [0.15, 0.2) is 0 Å². The summed E-state index contributed by atoms with van der Waals surface area (Å²) in [5, 5.41) is 14.4. The fourth-order valence-corrected chi connectivity index (χ4v) is 1.55. The third-order valence-electron chi connectivity index (χ3n) is 2.33. The van der Waals surface area contributed by atoms with Gasteiger partial charge in [-0.05, 0) is 14.0 Å². The maximum absolute atomic E-state index is 4.24. The molecular weight excluding hydrogens is 190 g/mol. The standard InChI is InChI=1S/C10H15N5/c1-3-15-7-9(6-13-15)10-8(4-11-2)5-12-14-10/h5-7,11H,3-4H2,1-2H3,(H,12,14). The van der Waals surface area contributed by atoms with Crippen LogP contribution in [0.15, 0.2) is 18.6 Å². The summed E-state index contributed by atoms with van der Waals surface area (Å²) >= 11 is 0. The molecule has 0 atom stereocenters. The van der Waals surface area contributed by atoms with Crippen molar-refractivity contribution in [2.24, 2.45) is 0 Å². The molecule has 2 N–H and O–H groups in total. The van der Waals surface area contributed by atoms with E-state index in [1.54, 1.807) is 0 Å². The molecule has 0 amide bonds. The lowest BCUT2D eigenvalue weighted by atomic mass is 10.1. The van der Waals surface area contributed by atoms with Crippen molar-refractivity contribution in [1.29, 1.82) is 0 Å². The summed E-state index contributed by atoms with van der Waals surface area (Å²) in [5.41, 5.74) is 3.29. The van der Waals surface area contributed by atoms with Crippen LogP contribution in [0, 0.1) is 0 Å². The Morgan fingerprint density at radius 2 is 2.33 bits per heavy atom. The molecule has 0 aliphatic heterocycles. The number of hydrogen-bond donors (Lipinski definition) is 2. The molecule has 0 spiro atoms. The second kappa shape index (κ2) is 4.27. The van der Waals surface area contributed by atoms with E-state index in [4.69, 9.17) is 0 Å². The van der Waals surface area contributed by atoms with Crippen LogP contribution in [-0.2, 0) is 13.1 Å². The van der Waals surface area contributed by atoms with Crippen molar-refractivity contribution < 1.29 is 0 Å². The van der Waals surface area contributed by atoms with Gasteiger partial charge in [-0.2, -0.15) is 10.2 Å². The third-order valence-corrected chi connectivity index (χ3v) is 2.33. The monoisotopic (exact) mass is 205 g/mol. The van der Waals surface area contributed by atoms with Gasteiger partial charge in [0.1, 0.15) is 0 Å². The highest BCUT2D eigenvalue weighted by Gasteiger charge is 2.08. The lowest BCUT2D eigenvalue weighted by molar-refractivity contribution is 0.660. The number of aromatic amines is 1. The van der Waals surface area contributed by atoms with E-state index in [1.807, 2.05) is 30.3 Å². The minimum Gasteiger partial charge on any atom is -0.316 e. The minimum atomic E-state index is 0.809. The Morgan fingerprint density at radius 1 is 1.47 bits per heavy atom. The van der Waals surface area contributed by atoms with E-state index in [9.17, 15) is 0 Å². The lowest BCUT2D eigenvalue weighted by Gasteiger charge is -1.98. The molecule has 0 unspecified atom stereocenters. The van der Waals surface area contributed by atoms with E-state index in [0.717, 1.165) is 29.9 Å². The summed E-state index contributed by atoms with van der Waals surface area (Å²) in [7, 11) is 1.92. The first-order valence-corrected chi connectivity index (χ1v) is 5.04. The van der Waals surface area contributed by atoms with Gasteiger partial charge in [-0.25, -0.2) is 0 Å². The van der Waals surface area contributed by atoms with Gasteiger partial charge in [0.2, 0.25) is 0 Å². The van der Waals surface area contributed by atoms with Gasteiger partial charge in [0.25, 0.3) is 0 Å². The van der Waals surface area contributed by atoms with E-state index < -0.39 is 0 Å². The molecule has 0 radical (unpaired) electrons. The quantitative estimate of drug-likeness (QED) is 0.783. The molecule has 0 bridgehead atoms. The first-order valence-electron chi connectivity index (χ1n) is 5.04. The first kappa shape index (κ1) is 9.92. The normalized spacial score (nSPS) is 10.8. The van der Waals surface area contributed by atoms with Crippen LogP contribution in [0.25, 0.3) is 11.3 Å². The van der Waals surface area contributed by atoms with Gasteiger partial charge in [0.05, 0.1) is 18.1 Å². The minimum absolute atomic E-state index is 0.809. The van der Waals surface area contributed by atoms with Gasteiger partial charge in [-0.1, -0.05) is 0 Å². The average Bonchev–Trinajstić information content (AvgIpc) is 2.85. The molecule has 2 aromatic heterocycles. The predicted molar refractivity (Wildman–Crippen MR) is 58.2 cm³/mol. The van der Waals surface area contributed by atoms with Crippen molar-refractivity contribution in [3.63, 3.8) is 0 Å². The summed E-state index contributed by atoms with van der Waals surface area (Å²) < 4.78 is 1.90. The van der Waals surface area contributed by atoms with E-state index in [-0.39, 0.29) is 0 Å². The van der Waals surface area contributed by atoms with Crippen LogP contribution in [0.2, 0.25) is 0 Å². The van der Waals surface area contributed by atoms with Gasteiger partial charge in [-0.3, -0.25) is 9.78 Å². The van der Waals surface area contributed by atoms with Crippen LogP contribution in [-0.4, -0.2) is 27.0 Å². The van der Waals surface area contributed by atoms with Gasteiger partial charge >= 0.3 is 0 Å². The topological polar surface area (TPSA) is 58.5 Å². The zero-order chi connectivity index (χ0) is 10.7. The number of nitrogens with zero attached hydrogens (tertiary/aromatic N) is 3. The predicted octanol–water partition coefficient (Wildman–Crippen LogP) is 1.01. The van der Waals surface area contributed by atoms with Crippen molar-refractivity contribution >= 4 is 0 Å². The highest BCUT2D eigenvalue weighted by atomic mass is 15.3. The number of hydrogen-bond acceptors (Lipinski definition) is 3. The lowest BCUT2D eigenvalue weighted by Crippen LogP contribution is -2.04. The van der Waals surface area contributed by atoms with Gasteiger partial charge in [-0.15, -0.1) is 0 Å². The highest BCUT2D eigenvalue weighted by Crippen LogP contribution is 2.19. The molecule has 0 aliphatic carbocycles. The Balaban J connectivity index is 2.31. The number of nitrogens with one attached hydrogen (secondary N) is 2. The van der Waals surface area contributed by atoms with Crippen LogP contribution in [0.4, 0.5) is 0 Å². The SMILES string of the molecule is CCn1cc(-c2[nH]ncc2CNC)cn1. The fourth-order valence-electron chi connectivity index (χ4n) is 1.55. The van der Waals surface area contributed by atoms with Crippen LogP contribution < -0.4 is 5.32 Å². The molecule has 5 nitrogen and oxygen atoms in total. The number of rotatable bonds is 4. The van der Waals surface area contributed by atoms with E-state index in [0.29, 0.717) is 0 Å². The molecule has 0 saturated heterocycles. The largest absolute Gasteiger partial charge is 0.316 e. The van der Waals surface area contributed by atoms with Crippen molar-refractivity contribution in [1.82, 2.24) is 25.3 Å². The van der Waals surface area contributed by atoms with Crippen LogP contribution in [0.3, 0.4) is 0 Å². The maximum Gasteiger partial charge on any atom is 0.0726 e. The Kier molecular flexibility index (Phi) is 2.82. The Hall–Kier alpha value is -1.62. The van der Waals surface area contributed by atoms with Crippen molar-refractivity contribution in [3.8, 4) is 11.3 Å². The second-order valence-corrected chi connectivity index (χ2v) is 3.39. The van der Waals surface area contributed by atoms with Crippen LogP contribution in [0.5, 0.6) is 0 Å². The van der Waals surface area contributed by atoms with Gasteiger partial charge < -0.3 is 5.32 Å². The first-order chi connectivity index (χ1) is 7.35.